The average molecular weight is 268 g/mol. The van der Waals surface area contributed by atoms with Crippen LogP contribution in [-0.4, -0.2) is 40.8 Å². The topological polar surface area (TPSA) is 151 Å². The van der Waals surface area contributed by atoms with E-state index < -0.39 is 41.1 Å². The Balaban J connectivity index is 4.63. The van der Waals surface area contributed by atoms with Crippen molar-refractivity contribution in [1.29, 1.82) is 0 Å². The summed E-state index contributed by atoms with van der Waals surface area (Å²) in [6.07, 6.45) is -2.97. The highest BCUT2D eigenvalue weighted by atomic mass is 17.0. The predicted molar refractivity (Wildman–Crippen MR) is 52.6 cm³/mol. The maximum atomic E-state index is 10.2. The van der Waals surface area contributed by atoms with Crippen molar-refractivity contribution in [1.82, 2.24) is 0 Å². The zero-order chi connectivity index (χ0) is 14.3. The monoisotopic (exact) mass is 268 g/mol. The van der Waals surface area contributed by atoms with Gasteiger partial charge < -0.3 is 19.5 Å². The van der Waals surface area contributed by atoms with Gasteiger partial charge in [0, 0.05) is 5.41 Å². The molecular formula is C7H12N2O9. The summed E-state index contributed by atoms with van der Waals surface area (Å²) in [6.45, 7) is 1.58. The highest BCUT2D eigenvalue weighted by Crippen LogP contribution is 2.24. The quantitative estimate of drug-likeness (QED) is 0.376. The Kier molecular flexibility index (Phi) is 5.59. The number of nitrogens with zero attached hydrogens (tertiary/aromatic N) is 2. The van der Waals surface area contributed by atoms with Crippen LogP contribution in [0.15, 0.2) is 0 Å². The Morgan fingerprint density at radius 1 is 1.33 bits per heavy atom. The first kappa shape index (κ1) is 15.7. The van der Waals surface area contributed by atoms with Crippen LogP contribution in [0, 0.1) is 25.6 Å². The minimum Gasteiger partial charge on any atom is -0.450 e. The zero-order valence-electron chi connectivity index (χ0n) is 9.60. The second kappa shape index (κ2) is 6.42. The lowest BCUT2D eigenvalue weighted by Crippen LogP contribution is -2.41. The minimum absolute atomic E-state index is 0.512. The molecular weight excluding hydrogens is 256 g/mol. The highest BCUT2D eigenvalue weighted by molar-refractivity contribution is 5.56. The number of ether oxygens (including phenoxy) is 1. The number of hydrogen-bond donors (Lipinski definition) is 1. The van der Waals surface area contributed by atoms with E-state index in [4.69, 9.17) is 5.11 Å². The number of rotatable bonds is 8. The first-order valence-corrected chi connectivity index (χ1v) is 4.59. The van der Waals surface area contributed by atoms with E-state index in [2.05, 4.69) is 14.4 Å². The van der Waals surface area contributed by atoms with Crippen LogP contribution < -0.4 is 0 Å². The molecule has 1 unspecified atom stereocenters. The van der Waals surface area contributed by atoms with Crippen molar-refractivity contribution in [2.75, 3.05) is 13.2 Å². The van der Waals surface area contributed by atoms with E-state index in [0.29, 0.717) is 0 Å². The normalized spacial score (nSPS) is 12.3. The minimum atomic E-state index is -1.64. The Hall–Kier alpha value is -2.33. The average Bonchev–Trinajstić information content (AvgIpc) is 2.20. The van der Waals surface area contributed by atoms with Gasteiger partial charge in [-0.3, -0.25) is 0 Å². The van der Waals surface area contributed by atoms with Crippen molar-refractivity contribution < 1.29 is 34.5 Å². The van der Waals surface area contributed by atoms with E-state index in [1.54, 1.807) is 0 Å². The molecule has 0 heterocycles. The van der Waals surface area contributed by atoms with Gasteiger partial charge in [-0.2, -0.15) is 0 Å². The summed E-state index contributed by atoms with van der Waals surface area (Å²) < 4.78 is 4.16. The summed E-state index contributed by atoms with van der Waals surface area (Å²) in [5.41, 5.74) is -1.20. The van der Waals surface area contributed by atoms with E-state index in [9.17, 15) is 25.0 Å². The van der Waals surface area contributed by atoms with Crippen LogP contribution in [0.5, 0.6) is 0 Å². The summed E-state index contributed by atoms with van der Waals surface area (Å²) in [4.78, 5) is 38.8. The molecule has 0 rings (SSSR count). The zero-order valence-corrected chi connectivity index (χ0v) is 9.60. The van der Waals surface area contributed by atoms with Crippen molar-refractivity contribution in [3.63, 3.8) is 0 Å². The summed E-state index contributed by atoms with van der Waals surface area (Å²) in [7, 11) is 0. The van der Waals surface area contributed by atoms with Gasteiger partial charge in [0.2, 0.25) is 0 Å². The van der Waals surface area contributed by atoms with Crippen LogP contribution in [0.4, 0.5) is 4.79 Å². The molecule has 0 aliphatic carbocycles. The molecule has 0 saturated heterocycles. The molecule has 0 aromatic heterocycles. The van der Waals surface area contributed by atoms with Crippen LogP contribution in [0.25, 0.3) is 0 Å². The van der Waals surface area contributed by atoms with E-state index in [-0.39, 0.29) is 0 Å². The van der Waals surface area contributed by atoms with E-state index in [1.807, 2.05) is 0 Å². The molecule has 0 radical (unpaired) electrons. The number of carboxylic acid groups (broad SMARTS) is 1. The van der Waals surface area contributed by atoms with Crippen molar-refractivity contribution >= 4 is 6.16 Å². The van der Waals surface area contributed by atoms with Crippen LogP contribution in [0.2, 0.25) is 0 Å². The van der Waals surface area contributed by atoms with Gasteiger partial charge in [0.25, 0.3) is 10.2 Å². The molecule has 18 heavy (non-hydrogen) atoms. The van der Waals surface area contributed by atoms with Gasteiger partial charge in [0.15, 0.2) is 0 Å². The number of carbonyl (C=O) groups is 1. The molecule has 0 aromatic carbocycles. The SMILES string of the molecule is CC(C)(CO[N+](=O)[O-])C(COC(=O)O)O[N+](=O)[O-]. The molecule has 0 fully saturated rings. The van der Waals surface area contributed by atoms with Crippen LogP contribution >= 0.6 is 0 Å². The Morgan fingerprint density at radius 2 is 1.89 bits per heavy atom. The van der Waals surface area contributed by atoms with Crippen molar-refractivity contribution in [2.24, 2.45) is 5.41 Å². The third-order valence-electron chi connectivity index (χ3n) is 1.99. The third kappa shape index (κ3) is 6.30. The van der Waals surface area contributed by atoms with Gasteiger partial charge in [0.05, 0.1) is 0 Å². The van der Waals surface area contributed by atoms with Crippen LogP contribution in [-0.2, 0) is 14.4 Å². The summed E-state index contributed by atoms with van der Waals surface area (Å²) in [5, 5.41) is 26.4. The number of hydrogen-bond acceptors (Lipinski definition) is 8. The Labute approximate surface area is 100 Å². The smallest absolute Gasteiger partial charge is 0.450 e. The molecule has 0 aliphatic rings. The first-order valence-electron chi connectivity index (χ1n) is 4.59. The summed E-state index contributed by atoms with van der Waals surface area (Å²) in [6, 6.07) is 0. The lowest BCUT2D eigenvalue weighted by molar-refractivity contribution is -0.780. The molecule has 0 aliphatic heterocycles. The van der Waals surface area contributed by atoms with E-state index >= 15 is 0 Å². The van der Waals surface area contributed by atoms with Crippen molar-refractivity contribution in [2.45, 2.75) is 20.0 Å². The molecule has 0 spiro atoms. The van der Waals surface area contributed by atoms with Gasteiger partial charge in [0.1, 0.15) is 19.3 Å². The van der Waals surface area contributed by atoms with Gasteiger partial charge in [-0.05, 0) is 0 Å². The van der Waals surface area contributed by atoms with Crippen LogP contribution in [0.3, 0.4) is 0 Å². The lowest BCUT2D eigenvalue weighted by atomic mass is 9.88. The molecule has 0 saturated carbocycles. The lowest BCUT2D eigenvalue weighted by Gasteiger charge is -2.30. The fourth-order valence-electron chi connectivity index (χ4n) is 0.962. The first-order chi connectivity index (χ1) is 8.15. The predicted octanol–water partition coefficient (Wildman–Crippen LogP) is 0.492. The van der Waals surface area contributed by atoms with Gasteiger partial charge in [-0.1, -0.05) is 13.8 Å². The van der Waals surface area contributed by atoms with E-state index in [0.717, 1.165) is 0 Å². The molecule has 0 bridgehead atoms. The fraction of sp³-hybridized carbons (Fsp3) is 0.857. The molecule has 11 nitrogen and oxygen atoms in total. The maximum absolute atomic E-state index is 10.2. The van der Waals surface area contributed by atoms with E-state index in [1.165, 1.54) is 13.8 Å². The summed E-state index contributed by atoms with van der Waals surface area (Å²) in [5.74, 6) is 0. The Morgan fingerprint density at radius 3 is 2.28 bits per heavy atom. The maximum Gasteiger partial charge on any atom is 0.505 e. The van der Waals surface area contributed by atoms with Crippen molar-refractivity contribution in [3.8, 4) is 0 Å². The molecule has 0 aromatic rings. The van der Waals surface area contributed by atoms with Gasteiger partial charge >= 0.3 is 6.16 Å². The second-order valence-electron chi connectivity index (χ2n) is 3.88. The summed E-state index contributed by atoms with van der Waals surface area (Å²) >= 11 is 0. The molecule has 1 N–H and O–H groups in total. The van der Waals surface area contributed by atoms with Gasteiger partial charge in [-0.15, -0.1) is 20.2 Å². The molecule has 0 amide bonds. The van der Waals surface area contributed by atoms with Gasteiger partial charge in [-0.25, -0.2) is 4.79 Å². The highest BCUT2D eigenvalue weighted by Gasteiger charge is 2.35. The van der Waals surface area contributed by atoms with Crippen molar-refractivity contribution in [3.05, 3.63) is 20.2 Å². The fourth-order valence-corrected chi connectivity index (χ4v) is 0.962. The third-order valence-corrected chi connectivity index (χ3v) is 1.99. The second-order valence-corrected chi connectivity index (χ2v) is 3.88. The standard InChI is InChI=1S/C7H12N2O9/c1-7(2,4-17-8(12)13)5(18-9(14)15)3-16-6(10)11/h5H,3-4H2,1-2H3,(H,10,11). The molecule has 1 atom stereocenters. The molecule has 104 valence electrons. The Bertz CT molecular complexity index is 329. The molecule has 11 heteroatoms. The largest absolute Gasteiger partial charge is 0.505 e. The van der Waals surface area contributed by atoms with Crippen LogP contribution in [0.1, 0.15) is 13.8 Å².